The summed E-state index contributed by atoms with van der Waals surface area (Å²) >= 11 is 0. The lowest BCUT2D eigenvalue weighted by atomic mass is 9.99. The second kappa shape index (κ2) is 5.45. The number of benzene rings is 1. The minimum absolute atomic E-state index is 0.871. The van der Waals surface area contributed by atoms with Crippen LogP contribution in [0.25, 0.3) is 0 Å². The summed E-state index contributed by atoms with van der Waals surface area (Å²) in [6.07, 6.45) is 6.30. The fraction of sp³-hybridized carbons (Fsp3) is 0.385. The SMILES string of the molecule is CCCCc1ccccc1Cc1cn[nH]n1. The molecule has 0 fully saturated rings. The number of unbranched alkanes of at least 4 members (excludes halogenated alkanes) is 1. The summed E-state index contributed by atoms with van der Waals surface area (Å²) in [5, 5.41) is 10.6. The van der Waals surface area contributed by atoms with Crippen molar-refractivity contribution in [3.63, 3.8) is 0 Å². The van der Waals surface area contributed by atoms with E-state index in [4.69, 9.17) is 0 Å². The van der Waals surface area contributed by atoms with E-state index in [0.717, 1.165) is 18.5 Å². The second-order valence-electron chi connectivity index (χ2n) is 4.01. The number of rotatable bonds is 5. The molecule has 1 aromatic heterocycles. The highest BCUT2D eigenvalue weighted by Gasteiger charge is 2.04. The number of hydrogen-bond acceptors (Lipinski definition) is 2. The molecule has 0 amide bonds. The van der Waals surface area contributed by atoms with Crippen LogP contribution in [-0.4, -0.2) is 15.4 Å². The van der Waals surface area contributed by atoms with Crippen LogP contribution in [0.1, 0.15) is 36.6 Å². The molecule has 0 saturated carbocycles. The molecule has 84 valence electrons. The van der Waals surface area contributed by atoms with Crippen molar-refractivity contribution in [3.05, 3.63) is 47.3 Å². The molecular formula is C13H17N3. The normalized spacial score (nSPS) is 10.6. The average Bonchev–Trinajstić information content (AvgIpc) is 2.81. The lowest BCUT2D eigenvalue weighted by Gasteiger charge is -2.07. The summed E-state index contributed by atoms with van der Waals surface area (Å²) < 4.78 is 0. The van der Waals surface area contributed by atoms with E-state index >= 15 is 0 Å². The minimum Gasteiger partial charge on any atom is -0.198 e. The summed E-state index contributed by atoms with van der Waals surface area (Å²) in [4.78, 5) is 0. The van der Waals surface area contributed by atoms with Gasteiger partial charge < -0.3 is 0 Å². The summed E-state index contributed by atoms with van der Waals surface area (Å²) in [7, 11) is 0. The quantitative estimate of drug-likeness (QED) is 0.833. The first kappa shape index (κ1) is 10.9. The first-order valence-corrected chi connectivity index (χ1v) is 5.81. The van der Waals surface area contributed by atoms with Crippen molar-refractivity contribution in [3.8, 4) is 0 Å². The van der Waals surface area contributed by atoms with Crippen LogP contribution >= 0.6 is 0 Å². The van der Waals surface area contributed by atoms with Crippen LogP contribution in [0, 0.1) is 0 Å². The van der Waals surface area contributed by atoms with Gasteiger partial charge in [-0.2, -0.15) is 15.4 Å². The smallest absolute Gasteiger partial charge is 0.0868 e. The number of aromatic nitrogens is 3. The van der Waals surface area contributed by atoms with Crippen LogP contribution < -0.4 is 0 Å². The maximum absolute atomic E-state index is 4.10. The van der Waals surface area contributed by atoms with E-state index < -0.39 is 0 Å². The van der Waals surface area contributed by atoms with Gasteiger partial charge in [0.1, 0.15) is 0 Å². The zero-order chi connectivity index (χ0) is 11.2. The van der Waals surface area contributed by atoms with Gasteiger partial charge in [0.05, 0.1) is 11.9 Å². The number of nitrogens with zero attached hydrogens (tertiary/aromatic N) is 2. The van der Waals surface area contributed by atoms with Crippen molar-refractivity contribution >= 4 is 0 Å². The van der Waals surface area contributed by atoms with Crippen LogP contribution in [-0.2, 0) is 12.8 Å². The van der Waals surface area contributed by atoms with Gasteiger partial charge in [0.25, 0.3) is 0 Å². The third-order valence-electron chi connectivity index (χ3n) is 2.75. The van der Waals surface area contributed by atoms with Gasteiger partial charge in [-0.05, 0) is 24.0 Å². The molecule has 1 heterocycles. The molecule has 3 nitrogen and oxygen atoms in total. The molecule has 0 atom stereocenters. The molecule has 1 N–H and O–H groups in total. The Morgan fingerprint density at radius 3 is 2.69 bits per heavy atom. The molecule has 0 aliphatic rings. The van der Waals surface area contributed by atoms with Crippen molar-refractivity contribution in [1.29, 1.82) is 0 Å². The zero-order valence-electron chi connectivity index (χ0n) is 9.61. The average molecular weight is 215 g/mol. The van der Waals surface area contributed by atoms with Crippen molar-refractivity contribution in [2.45, 2.75) is 32.6 Å². The zero-order valence-corrected chi connectivity index (χ0v) is 9.61. The number of hydrogen-bond donors (Lipinski definition) is 1. The van der Waals surface area contributed by atoms with Gasteiger partial charge in [-0.1, -0.05) is 37.6 Å². The topological polar surface area (TPSA) is 41.6 Å². The third-order valence-corrected chi connectivity index (χ3v) is 2.75. The van der Waals surface area contributed by atoms with E-state index in [1.807, 2.05) is 0 Å². The van der Waals surface area contributed by atoms with E-state index in [9.17, 15) is 0 Å². The molecule has 16 heavy (non-hydrogen) atoms. The molecule has 0 aliphatic carbocycles. The standard InChI is InChI=1S/C13H17N3/c1-2-3-6-11-7-4-5-8-12(11)9-13-10-14-16-15-13/h4-5,7-8,10H,2-3,6,9H2,1H3,(H,14,15,16). The fourth-order valence-electron chi connectivity index (χ4n) is 1.85. The molecule has 2 rings (SSSR count). The van der Waals surface area contributed by atoms with Crippen LogP contribution in [0.2, 0.25) is 0 Å². The first-order chi connectivity index (χ1) is 7.90. The van der Waals surface area contributed by atoms with Crippen molar-refractivity contribution in [1.82, 2.24) is 15.4 Å². The molecule has 3 heteroatoms. The van der Waals surface area contributed by atoms with Gasteiger partial charge in [-0.15, -0.1) is 0 Å². The fourth-order valence-corrected chi connectivity index (χ4v) is 1.85. The Morgan fingerprint density at radius 2 is 2.00 bits per heavy atom. The molecule has 2 aromatic rings. The molecule has 0 aliphatic heterocycles. The highest BCUT2D eigenvalue weighted by Crippen LogP contribution is 2.15. The van der Waals surface area contributed by atoms with Crippen molar-refractivity contribution < 1.29 is 0 Å². The molecule has 0 unspecified atom stereocenters. The Balaban J connectivity index is 2.13. The van der Waals surface area contributed by atoms with Crippen LogP contribution in [0.5, 0.6) is 0 Å². The Labute approximate surface area is 95.9 Å². The summed E-state index contributed by atoms with van der Waals surface area (Å²) in [6, 6.07) is 8.59. The molecule has 0 radical (unpaired) electrons. The van der Waals surface area contributed by atoms with Crippen LogP contribution in [0.3, 0.4) is 0 Å². The monoisotopic (exact) mass is 215 g/mol. The first-order valence-electron chi connectivity index (χ1n) is 5.81. The maximum atomic E-state index is 4.10. The van der Waals surface area contributed by atoms with E-state index in [1.54, 1.807) is 6.20 Å². The van der Waals surface area contributed by atoms with Gasteiger partial charge in [-0.3, -0.25) is 0 Å². The largest absolute Gasteiger partial charge is 0.198 e. The van der Waals surface area contributed by atoms with Gasteiger partial charge in [0, 0.05) is 6.42 Å². The van der Waals surface area contributed by atoms with Crippen LogP contribution in [0.15, 0.2) is 30.5 Å². The molecule has 0 saturated heterocycles. The van der Waals surface area contributed by atoms with Gasteiger partial charge in [-0.25, -0.2) is 0 Å². The molecular weight excluding hydrogens is 198 g/mol. The molecule has 0 spiro atoms. The lowest BCUT2D eigenvalue weighted by molar-refractivity contribution is 0.787. The van der Waals surface area contributed by atoms with E-state index in [0.29, 0.717) is 0 Å². The Hall–Kier alpha value is -1.64. The minimum atomic E-state index is 0.871. The maximum Gasteiger partial charge on any atom is 0.0868 e. The van der Waals surface area contributed by atoms with E-state index in [2.05, 4.69) is 46.6 Å². The number of nitrogens with one attached hydrogen (secondary N) is 1. The Bertz CT molecular complexity index is 421. The highest BCUT2D eigenvalue weighted by molar-refractivity contribution is 5.30. The Kier molecular flexibility index (Phi) is 3.70. The number of aryl methyl sites for hydroxylation is 1. The highest BCUT2D eigenvalue weighted by atomic mass is 15.3. The Morgan fingerprint density at radius 1 is 1.19 bits per heavy atom. The second-order valence-corrected chi connectivity index (χ2v) is 4.01. The number of H-pyrrole nitrogens is 1. The lowest BCUT2D eigenvalue weighted by Crippen LogP contribution is -1.96. The summed E-state index contributed by atoms with van der Waals surface area (Å²) in [6.45, 7) is 2.22. The van der Waals surface area contributed by atoms with Gasteiger partial charge >= 0.3 is 0 Å². The third kappa shape index (κ3) is 2.69. The van der Waals surface area contributed by atoms with Gasteiger partial charge in [0.15, 0.2) is 0 Å². The molecule has 0 bridgehead atoms. The predicted octanol–water partition coefficient (Wildman–Crippen LogP) is 2.74. The molecule has 1 aromatic carbocycles. The van der Waals surface area contributed by atoms with Crippen LogP contribution in [0.4, 0.5) is 0 Å². The van der Waals surface area contributed by atoms with E-state index in [-0.39, 0.29) is 0 Å². The van der Waals surface area contributed by atoms with Crippen molar-refractivity contribution in [2.24, 2.45) is 0 Å². The number of aromatic amines is 1. The summed E-state index contributed by atoms with van der Waals surface area (Å²) in [5.74, 6) is 0. The summed E-state index contributed by atoms with van der Waals surface area (Å²) in [5.41, 5.74) is 3.81. The van der Waals surface area contributed by atoms with Crippen molar-refractivity contribution in [2.75, 3.05) is 0 Å². The van der Waals surface area contributed by atoms with Gasteiger partial charge in [0.2, 0.25) is 0 Å². The predicted molar refractivity (Wildman–Crippen MR) is 64.2 cm³/mol. The van der Waals surface area contributed by atoms with E-state index in [1.165, 1.54) is 24.0 Å².